The molecule has 1 saturated heterocycles. The molecule has 1 atom stereocenters. The molecular formula is C11H19N5O2. The third-order valence-electron chi connectivity index (χ3n) is 2.84. The van der Waals surface area contributed by atoms with E-state index < -0.39 is 0 Å². The van der Waals surface area contributed by atoms with Crippen LogP contribution in [0.5, 0.6) is 0 Å². The minimum absolute atomic E-state index is 0.121. The van der Waals surface area contributed by atoms with Gasteiger partial charge in [-0.3, -0.25) is 5.32 Å². The van der Waals surface area contributed by atoms with Gasteiger partial charge in [0.2, 0.25) is 5.89 Å². The lowest BCUT2D eigenvalue weighted by Crippen LogP contribution is -2.29. The highest BCUT2D eigenvalue weighted by Crippen LogP contribution is 2.22. The zero-order valence-corrected chi connectivity index (χ0v) is 10.5. The van der Waals surface area contributed by atoms with E-state index in [0.29, 0.717) is 12.4 Å². The molecule has 0 saturated carbocycles. The summed E-state index contributed by atoms with van der Waals surface area (Å²) >= 11 is 0. The molecule has 1 fully saturated rings. The molecule has 2 heterocycles. The Morgan fingerprint density at radius 2 is 2.44 bits per heavy atom. The average molecular weight is 253 g/mol. The second-order valence-corrected chi connectivity index (χ2v) is 4.33. The molecule has 1 aromatic rings. The predicted molar refractivity (Wildman–Crippen MR) is 66.2 cm³/mol. The molecule has 100 valence electrons. The first-order valence-electron chi connectivity index (χ1n) is 6.41. The van der Waals surface area contributed by atoms with Crippen LogP contribution in [0.15, 0.2) is 4.42 Å². The van der Waals surface area contributed by atoms with Crippen LogP contribution in [0.2, 0.25) is 0 Å². The zero-order chi connectivity index (χ0) is 12.8. The Balaban J connectivity index is 1.80. The van der Waals surface area contributed by atoms with Crippen molar-refractivity contribution >= 4 is 12.0 Å². The van der Waals surface area contributed by atoms with E-state index in [4.69, 9.17) is 4.42 Å². The number of nitrogens with one attached hydrogen (secondary N) is 3. The number of aromatic nitrogens is 2. The van der Waals surface area contributed by atoms with Gasteiger partial charge in [0.05, 0.1) is 6.04 Å². The molecule has 7 heteroatoms. The zero-order valence-electron chi connectivity index (χ0n) is 10.5. The van der Waals surface area contributed by atoms with Gasteiger partial charge < -0.3 is 15.1 Å². The van der Waals surface area contributed by atoms with Crippen molar-refractivity contribution < 1.29 is 9.21 Å². The maximum absolute atomic E-state index is 11.5. The van der Waals surface area contributed by atoms with Crippen LogP contribution in [-0.4, -0.2) is 29.3 Å². The molecule has 0 radical (unpaired) electrons. The Morgan fingerprint density at radius 1 is 1.56 bits per heavy atom. The fourth-order valence-electron chi connectivity index (χ4n) is 1.84. The number of rotatable bonds is 5. The molecular weight excluding hydrogens is 234 g/mol. The number of hydrogen-bond donors (Lipinski definition) is 3. The van der Waals surface area contributed by atoms with E-state index in [2.05, 4.69) is 33.1 Å². The summed E-state index contributed by atoms with van der Waals surface area (Å²) in [6.07, 6.45) is 4.09. The number of carbonyl (C=O) groups excluding carboxylic acids is 1. The van der Waals surface area contributed by atoms with Crippen molar-refractivity contribution in [2.75, 3.05) is 18.4 Å². The fraction of sp³-hybridized carbons (Fsp3) is 0.727. The third kappa shape index (κ3) is 3.43. The highest BCUT2D eigenvalue weighted by atomic mass is 16.4. The largest absolute Gasteiger partial charge is 0.406 e. The first-order valence-corrected chi connectivity index (χ1v) is 6.41. The van der Waals surface area contributed by atoms with Crippen LogP contribution in [0.25, 0.3) is 0 Å². The summed E-state index contributed by atoms with van der Waals surface area (Å²) in [5.41, 5.74) is 0. The van der Waals surface area contributed by atoms with Gasteiger partial charge in [-0.2, -0.15) is 0 Å². The first-order chi connectivity index (χ1) is 8.79. The van der Waals surface area contributed by atoms with E-state index in [9.17, 15) is 4.79 Å². The van der Waals surface area contributed by atoms with Crippen molar-refractivity contribution in [2.45, 2.75) is 38.6 Å². The number of amides is 2. The van der Waals surface area contributed by atoms with Crippen LogP contribution >= 0.6 is 0 Å². The number of hydrogen-bond acceptors (Lipinski definition) is 5. The van der Waals surface area contributed by atoms with E-state index >= 15 is 0 Å². The van der Waals surface area contributed by atoms with Crippen LogP contribution in [0.1, 0.15) is 44.5 Å². The van der Waals surface area contributed by atoms with Gasteiger partial charge in [0, 0.05) is 6.54 Å². The Kier molecular flexibility index (Phi) is 4.52. The number of anilines is 1. The topological polar surface area (TPSA) is 92.1 Å². The van der Waals surface area contributed by atoms with E-state index in [1.165, 1.54) is 0 Å². The highest BCUT2D eigenvalue weighted by molar-refractivity contribution is 5.86. The lowest BCUT2D eigenvalue weighted by molar-refractivity contribution is 0.251. The molecule has 2 amide bonds. The number of unbranched alkanes of at least 4 members (excludes halogenated alkanes) is 1. The maximum Gasteiger partial charge on any atom is 0.323 e. The van der Waals surface area contributed by atoms with Crippen LogP contribution in [0, 0.1) is 0 Å². The van der Waals surface area contributed by atoms with Crippen molar-refractivity contribution in [3.8, 4) is 0 Å². The van der Waals surface area contributed by atoms with Gasteiger partial charge in [-0.15, -0.1) is 5.10 Å². The lowest BCUT2D eigenvalue weighted by atomic mass is 10.2. The van der Waals surface area contributed by atoms with Crippen molar-refractivity contribution in [1.29, 1.82) is 0 Å². The van der Waals surface area contributed by atoms with Gasteiger partial charge in [0.15, 0.2) is 0 Å². The molecule has 1 aliphatic heterocycles. The van der Waals surface area contributed by atoms with Gasteiger partial charge in [-0.05, 0) is 25.8 Å². The van der Waals surface area contributed by atoms with Crippen LogP contribution < -0.4 is 16.0 Å². The number of nitrogens with zero attached hydrogens (tertiary/aromatic N) is 2. The molecule has 3 N–H and O–H groups in total. The Labute approximate surface area is 106 Å². The molecule has 1 aromatic heterocycles. The van der Waals surface area contributed by atoms with E-state index in [1.807, 2.05) is 0 Å². The van der Waals surface area contributed by atoms with Crippen LogP contribution in [0.3, 0.4) is 0 Å². The summed E-state index contributed by atoms with van der Waals surface area (Å²) in [6.45, 7) is 3.68. The van der Waals surface area contributed by atoms with Crippen LogP contribution in [-0.2, 0) is 0 Å². The van der Waals surface area contributed by atoms with Crippen molar-refractivity contribution in [2.24, 2.45) is 0 Å². The average Bonchev–Trinajstić information content (AvgIpc) is 2.98. The van der Waals surface area contributed by atoms with Gasteiger partial charge >= 0.3 is 12.0 Å². The molecule has 7 nitrogen and oxygen atoms in total. The maximum atomic E-state index is 11.5. The standard InChI is InChI=1S/C11H19N5O2/c1-2-3-6-13-10(17)14-11-16-15-9(18-11)8-5-4-7-12-8/h8,12H,2-7H2,1H3,(H2,13,14,16,17). The van der Waals surface area contributed by atoms with Crippen molar-refractivity contribution in [1.82, 2.24) is 20.8 Å². The highest BCUT2D eigenvalue weighted by Gasteiger charge is 2.22. The molecule has 2 rings (SSSR count). The minimum atomic E-state index is -0.307. The second-order valence-electron chi connectivity index (χ2n) is 4.33. The molecule has 0 spiro atoms. The summed E-state index contributed by atoms with van der Waals surface area (Å²) in [5.74, 6) is 0.538. The van der Waals surface area contributed by atoms with E-state index in [-0.39, 0.29) is 18.1 Å². The van der Waals surface area contributed by atoms with E-state index in [1.54, 1.807) is 0 Å². The van der Waals surface area contributed by atoms with Crippen molar-refractivity contribution in [3.63, 3.8) is 0 Å². The molecule has 0 aromatic carbocycles. The number of carbonyl (C=O) groups is 1. The van der Waals surface area contributed by atoms with Gasteiger partial charge in [0.25, 0.3) is 0 Å². The van der Waals surface area contributed by atoms with E-state index in [0.717, 1.165) is 32.2 Å². The van der Waals surface area contributed by atoms with Gasteiger partial charge in [-0.25, -0.2) is 4.79 Å². The first kappa shape index (κ1) is 12.8. The summed E-state index contributed by atoms with van der Waals surface area (Å²) in [4.78, 5) is 11.5. The monoisotopic (exact) mass is 253 g/mol. The SMILES string of the molecule is CCCCNC(=O)Nc1nnc(C2CCCN2)o1. The predicted octanol–water partition coefficient (Wildman–Crippen LogP) is 1.42. The summed E-state index contributed by atoms with van der Waals surface area (Å²) in [5, 5.41) is 16.2. The minimum Gasteiger partial charge on any atom is -0.406 e. The van der Waals surface area contributed by atoms with Gasteiger partial charge in [0.1, 0.15) is 0 Å². The molecule has 1 aliphatic rings. The lowest BCUT2D eigenvalue weighted by Gasteiger charge is -2.04. The number of urea groups is 1. The third-order valence-corrected chi connectivity index (χ3v) is 2.84. The summed E-state index contributed by atoms with van der Waals surface area (Å²) in [7, 11) is 0. The van der Waals surface area contributed by atoms with Crippen molar-refractivity contribution in [3.05, 3.63) is 5.89 Å². The summed E-state index contributed by atoms with van der Waals surface area (Å²) in [6, 6.07) is -0.0399. The second kappa shape index (κ2) is 6.34. The Morgan fingerprint density at radius 3 is 3.17 bits per heavy atom. The van der Waals surface area contributed by atoms with Crippen LogP contribution in [0.4, 0.5) is 10.8 Å². The summed E-state index contributed by atoms with van der Waals surface area (Å²) < 4.78 is 5.39. The molecule has 0 aliphatic carbocycles. The quantitative estimate of drug-likeness (QED) is 0.690. The smallest absolute Gasteiger partial charge is 0.323 e. The fourth-order valence-corrected chi connectivity index (χ4v) is 1.84. The molecule has 18 heavy (non-hydrogen) atoms. The Hall–Kier alpha value is -1.63. The Bertz CT molecular complexity index is 387. The molecule has 1 unspecified atom stereocenters. The van der Waals surface area contributed by atoms with Gasteiger partial charge in [-0.1, -0.05) is 18.4 Å². The molecule has 0 bridgehead atoms. The normalized spacial score (nSPS) is 18.8.